The minimum atomic E-state index is -1.92. The van der Waals surface area contributed by atoms with Gasteiger partial charge in [0.2, 0.25) is 5.91 Å². The molecule has 1 N–H and O–H groups in total. The largest absolute Gasteiger partial charge is 0.474 e. The van der Waals surface area contributed by atoms with Crippen LogP contribution < -0.4 is 0 Å². The Morgan fingerprint density at radius 3 is 2.46 bits per heavy atom. The predicted octanol–water partition coefficient (Wildman–Crippen LogP) is 1.33. The van der Waals surface area contributed by atoms with Crippen LogP contribution in [0.15, 0.2) is 0 Å². The van der Waals surface area contributed by atoms with E-state index < -0.39 is 50.1 Å². The lowest BCUT2D eigenvalue weighted by atomic mass is 9.74. The van der Waals surface area contributed by atoms with Crippen molar-refractivity contribution in [3.05, 3.63) is 0 Å². The number of thioether (sulfide) groups is 1. The number of carboxylic acid groups (broad SMARTS) is 1. The molecule has 0 spiro atoms. The molecule has 9 heteroatoms. The minimum absolute atomic E-state index is 0.0767. The summed E-state index contributed by atoms with van der Waals surface area (Å²) < 4.78 is 5.97. The molecule has 0 saturated carbocycles. The average Bonchev–Trinajstić information content (AvgIpc) is 2.43. The predicted molar refractivity (Wildman–Crippen MR) is 90.8 cm³/mol. The molecule has 0 aliphatic carbocycles. The van der Waals surface area contributed by atoms with E-state index in [1.165, 1.54) is 11.8 Å². The molecule has 0 radical (unpaired) electrons. The van der Waals surface area contributed by atoms with Gasteiger partial charge in [0.25, 0.3) is 0 Å². The number of imide groups is 1. The van der Waals surface area contributed by atoms with Crippen molar-refractivity contribution in [2.45, 2.75) is 51.6 Å². The molecule has 2 rings (SSSR count). The zero-order valence-electron chi connectivity index (χ0n) is 14.3. The number of rotatable bonds is 4. The van der Waals surface area contributed by atoms with Crippen molar-refractivity contribution in [2.24, 2.45) is 11.8 Å². The fourth-order valence-corrected chi connectivity index (χ4v) is 5.67. The van der Waals surface area contributed by atoms with Crippen molar-refractivity contribution in [2.75, 3.05) is 5.75 Å². The van der Waals surface area contributed by atoms with Crippen LogP contribution >= 0.6 is 11.8 Å². The Morgan fingerprint density at radius 1 is 1.33 bits per heavy atom. The zero-order valence-corrected chi connectivity index (χ0v) is 16.1. The number of hydrogen-bond acceptors (Lipinski definition) is 6. The Kier molecular flexibility index (Phi) is 5.56. The Bertz CT molecular complexity index is 575. The Labute approximate surface area is 146 Å². The van der Waals surface area contributed by atoms with Crippen LogP contribution in [0.3, 0.4) is 0 Å². The van der Waals surface area contributed by atoms with Gasteiger partial charge in [0.05, 0.1) is 24.0 Å². The fraction of sp³-hybridized carbons (Fsp3) is 0.733. The maximum atomic E-state index is 12.5. The molecule has 2 aliphatic heterocycles. The zero-order chi connectivity index (χ0) is 18.2. The van der Waals surface area contributed by atoms with Crippen molar-refractivity contribution >= 4 is 43.0 Å². The summed E-state index contributed by atoms with van der Waals surface area (Å²) in [4.78, 5) is 48.4. The van der Waals surface area contributed by atoms with Crippen LogP contribution in [0.1, 0.15) is 19.8 Å². The highest BCUT2D eigenvalue weighted by Crippen LogP contribution is 2.42. The SMILES string of the molecule is C[C@@H](O[Si](C)(C)C)[C@H]1C(=O)N(C(=O)C(=O)O)[C@@H]1C1CCCSC1=O. The van der Waals surface area contributed by atoms with Crippen LogP contribution in [0.5, 0.6) is 0 Å². The summed E-state index contributed by atoms with van der Waals surface area (Å²) in [5.41, 5.74) is 0. The minimum Gasteiger partial charge on any atom is -0.474 e. The van der Waals surface area contributed by atoms with E-state index in [0.29, 0.717) is 12.2 Å². The molecule has 24 heavy (non-hydrogen) atoms. The monoisotopic (exact) mass is 373 g/mol. The third kappa shape index (κ3) is 3.73. The van der Waals surface area contributed by atoms with Gasteiger partial charge in [-0.3, -0.25) is 19.3 Å². The molecule has 2 fully saturated rings. The summed E-state index contributed by atoms with van der Waals surface area (Å²) in [6, 6.07) is -0.715. The van der Waals surface area contributed by atoms with E-state index in [2.05, 4.69) is 0 Å². The van der Waals surface area contributed by atoms with Gasteiger partial charge in [0.1, 0.15) is 0 Å². The van der Waals surface area contributed by atoms with Gasteiger partial charge < -0.3 is 9.53 Å². The number of carbonyl (C=O) groups excluding carboxylic acids is 3. The van der Waals surface area contributed by atoms with Crippen molar-refractivity contribution in [1.29, 1.82) is 0 Å². The first-order valence-electron chi connectivity index (χ1n) is 7.99. The standard InChI is InChI=1S/C15H23NO6SSi/c1-8(22-24(2,3)4)10-11(9-6-5-7-23-15(9)21)16(12(10)17)13(18)14(19)20/h8-11H,5-7H2,1-4H3,(H,19,20)/t8-,9?,10-,11-/m1/s1. The van der Waals surface area contributed by atoms with E-state index in [1.807, 2.05) is 19.6 Å². The number of carbonyl (C=O) groups is 4. The van der Waals surface area contributed by atoms with Crippen molar-refractivity contribution in [3.8, 4) is 0 Å². The first-order chi connectivity index (χ1) is 11.0. The van der Waals surface area contributed by atoms with Crippen LogP contribution in [0.2, 0.25) is 19.6 Å². The van der Waals surface area contributed by atoms with Crippen molar-refractivity contribution in [1.82, 2.24) is 4.90 Å². The van der Waals surface area contributed by atoms with Crippen LogP contribution in [-0.2, 0) is 23.6 Å². The first kappa shape index (κ1) is 19.1. The molecular weight excluding hydrogens is 350 g/mol. The average molecular weight is 374 g/mol. The van der Waals surface area contributed by atoms with Gasteiger partial charge in [0, 0.05) is 5.75 Å². The molecule has 0 aromatic heterocycles. The smallest absolute Gasteiger partial charge is 0.395 e. The maximum Gasteiger partial charge on any atom is 0.395 e. The second-order valence-corrected chi connectivity index (χ2v) is 12.7. The summed E-state index contributed by atoms with van der Waals surface area (Å²) in [5.74, 6) is -3.93. The summed E-state index contributed by atoms with van der Waals surface area (Å²) in [7, 11) is -1.92. The number of carboxylic acids is 1. The maximum absolute atomic E-state index is 12.5. The number of hydrogen-bond donors (Lipinski definition) is 1. The topological polar surface area (TPSA) is 101 Å². The molecule has 0 bridgehead atoms. The summed E-state index contributed by atoms with van der Waals surface area (Å²) in [6.07, 6.45) is 0.909. The normalized spacial score (nSPS) is 29.2. The van der Waals surface area contributed by atoms with E-state index in [0.717, 1.165) is 11.3 Å². The van der Waals surface area contributed by atoms with E-state index >= 15 is 0 Å². The first-order valence-corrected chi connectivity index (χ1v) is 12.4. The molecule has 2 saturated heterocycles. The molecule has 1 unspecified atom stereocenters. The summed E-state index contributed by atoms with van der Waals surface area (Å²) in [5, 5.41) is 8.89. The number of β-lactam (4-membered cyclic amide) rings is 1. The van der Waals surface area contributed by atoms with Gasteiger partial charge in [-0.1, -0.05) is 11.8 Å². The van der Waals surface area contributed by atoms with Crippen LogP contribution in [0, 0.1) is 11.8 Å². The second kappa shape index (κ2) is 6.97. The Morgan fingerprint density at radius 2 is 1.96 bits per heavy atom. The Balaban J connectivity index is 2.28. The van der Waals surface area contributed by atoms with Gasteiger partial charge in [-0.25, -0.2) is 4.79 Å². The highest BCUT2D eigenvalue weighted by atomic mass is 32.2. The lowest BCUT2D eigenvalue weighted by Gasteiger charge is -2.51. The van der Waals surface area contributed by atoms with Crippen LogP contribution in [0.4, 0.5) is 0 Å². The molecular formula is C15H23NO6SSi. The molecule has 134 valence electrons. The van der Waals surface area contributed by atoms with E-state index in [9.17, 15) is 19.2 Å². The van der Waals surface area contributed by atoms with Gasteiger partial charge >= 0.3 is 11.9 Å². The van der Waals surface area contributed by atoms with E-state index in [4.69, 9.17) is 9.53 Å². The van der Waals surface area contributed by atoms with Crippen molar-refractivity contribution < 1.29 is 28.7 Å². The van der Waals surface area contributed by atoms with Crippen LogP contribution in [-0.4, -0.2) is 59.1 Å². The fourth-order valence-electron chi connectivity index (χ4n) is 3.42. The number of likely N-dealkylation sites (tertiary alicyclic amines) is 1. The number of aliphatic carboxylic acids is 1. The second-order valence-electron chi connectivity index (χ2n) is 7.19. The molecule has 4 atom stereocenters. The highest BCUT2D eigenvalue weighted by molar-refractivity contribution is 8.13. The van der Waals surface area contributed by atoms with E-state index in [1.54, 1.807) is 6.92 Å². The molecule has 2 heterocycles. The number of nitrogens with zero attached hydrogens (tertiary/aromatic N) is 1. The molecule has 0 aromatic carbocycles. The van der Waals surface area contributed by atoms with Gasteiger partial charge in [-0.15, -0.1) is 0 Å². The summed E-state index contributed by atoms with van der Waals surface area (Å²) >= 11 is 1.19. The van der Waals surface area contributed by atoms with Gasteiger partial charge in [0.15, 0.2) is 13.4 Å². The lowest BCUT2D eigenvalue weighted by Crippen LogP contribution is -2.71. The van der Waals surface area contributed by atoms with Crippen LogP contribution in [0.25, 0.3) is 0 Å². The quantitative estimate of drug-likeness (QED) is 0.451. The van der Waals surface area contributed by atoms with E-state index in [-0.39, 0.29) is 5.12 Å². The third-order valence-corrected chi connectivity index (χ3v) is 6.41. The highest BCUT2D eigenvalue weighted by Gasteiger charge is 2.59. The Hall–Kier alpha value is -1.19. The molecule has 2 aliphatic rings. The summed E-state index contributed by atoms with van der Waals surface area (Å²) in [6.45, 7) is 7.73. The van der Waals surface area contributed by atoms with Crippen molar-refractivity contribution in [3.63, 3.8) is 0 Å². The molecule has 0 aromatic rings. The third-order valence-electron chi connectivity index (χ3n) is 4.25. The lowest BCUT2D eigenvalue weighted by molar-refractivity contribution is -0.181. The number of amides is 2. The van der Waals surface area contributed by atoms with Gasteiger partial charge in [-0.05, 0) is 39.4 Å². The molecule has 2 amide bonds. The molecule has 7 nitrogen and oxygen atoms in total. The van der Waals surface area contributed by atoms with Gasteiger partial charge in [-0.2, -0.15) is 0 Å².